The standard InChI is InChI=1S/C22H23N5O2/c1-13-6-14(2)8-16(7-13)11-26-22(29)17-5-3-4-15(9-17)10-18-12-25-20(23)19(27-18)21(24)28/h3-9,12H,10-11H2,1-2H3,(H2,23,25)(H2,24,28)(H,26,29). The highest BCUT2D eigenvalue weighted by atomic mass is 16.2. The van der Waals surface area contributed by atoms with E-state index >= 15 is 0 Å². The molecule has 0 spiro atoms. The van der Waals surface area contributed by atoms with E-state index in [1.165, 1.54) is 6.20 Å². The van der Waals surface area contributed by atoms with E-state index in [1.54, 1.807) is 18.2 Å². The minimum absolute atomic E-state index is 0.000707. The summed E-state index contributed by atoms with van der Waals surface area (Å²) in [5.41, 5.74) is 16.2. The molecule has 0 fully saturated rings. The number of nitrogens with zero attached hydrogens (tertiary/aromatic N) is 2. The Bertz CT molecular complexity index is 1060. The SMILES string of the molecule is Cc1cc(C)cc(CNC(=O)c2cccc(Cc3cnc(N)c(C(N)=O)n3)c2)c1. The van der Waals surface area contributed by atoms with Crippen LogP contribution in [0.25, 0.3) is 0 Å². The van der Waals surface area contributed by atoms with Gasteiger partial charge in [-0.05, 0) is 37.1 Å². The van der Waals surface area contributed by atoms with Gasteiger partial charge >= 0.3 is 0 Å². The molecule has 2 amide bonds. The van der Waals surface area contributed by atoms with Crippen molar-refractivity contribution in [2.24, 2.45) is 5.73 Å². The van der Waals surface area contributed by atoms with Crippen molar-refractivity contribution in [1.29, 1.82) is 0 Å². The first-order valence-corrected chi connectivity index (χ1v) is 9.17. The van der Waals surface area contributed by atoms with Crippen molar-refractivity contribution in [2.45, 2.75) is 26.8 Å². The van der Waals surface area contributed by atoms with E-state index in [1.807, 2.05) is 19.9 Å². The van der Waals surface area contributed by atoms with E-state index in [2.05, 4.69) is 33.5 Å². The summed E-state index contributed by atoms with van der Waals surface area (Å²) in [5.74, 6) is -0.885. The van der Waals surface area contributed by atoms with E-state index in [0.29, 0.717) is 24.2 Å². The third kappa shape index (κ3) is 5.16. The zero-order chi connectivity index (χ0) is 21.0. The van der Waals surface area contributed by atoms with E-state index in [0.717, 1.165) is 22.3 Å². The zero-order valence-corrected chi connectivity index (χ0v) is 16.4. The number of nitrogen functional groups attached to an aromatic ring is 1. The smallest absolute Gasteiger partial charge is 0.271 e. The molecule has 0 unspecified atom stereocenters. The molecular weight excluding hydrogens is 366 g/mol. The summed E-state index contributed by atoms with van der Waals surface area (Å²) in [4.78, 5) is 32.1. The Balaban J connectivity index is 1.71. The summed E-state index contributed by atoms with van der Waals surface area (Å²) in [6.45, 7) is 4.52. The number of nitrogens with two attached hydrogens (primary N) is 2. The van der Waals surface area contributed by atoms with Crippen LogP contribution in [0.4, 0.5) is 5.82 Å². The number of benzene rings is 2. The van der Waals surface area contributed by atoms with Crippen molar-refractivity contribution in [2.75, 3.05) is 5.73 Å². The fourth-order valence-electron chi connectivity index (χ4n) is 3.19. The topological polar surface area (TPSA) is 124 Å². The van der Waals surface area contributed by atoms with Crippen molar-refractivity contribution < 1.29 is 9.59 Å². The predicted molar refractivity (Wildman–Crippen MR) is 111 cm³/mol. The molecule has 2 aromatic carbocycles. The van der Waals surface area contributed by atoms with E-state index in [-0.39, 0.29) is 17.4 Å². The monoisotopic (exact) mass is 389 g/mol. The molecule has 1 aromatic heterocycles. The van der Waals surface area contributed by atoms with Crippen LogP contribution in [-0.2, 0) is 13.0 Å². The van der Waals surface area contributed by atoms with Gasteiger partial charge in [0.2, 0.25) is 0 Å². The molecule has 0 bridgehead atoms. The van der Waals surface area contributed by atoms with Crippen LogP contribution in [0.15, 0.2) is 48.7 Å². The maximum atomic E-state index is 12.6. The lowest BCUT2D eigenvalue weighted by atomic mass is 10.1. The number of carbonyl (C=O) groups excluding carboxylic acids is 2. The number of hydrogen-bond acceptors (Lipinski definition) is 5. The first-order chi connectivity index (χ1) is 13.8. The van der Waals surface area contributed by atoms with E-state index < -0.39 is 5.91 Å². The second-order valence-corrected chi connectivity index (χ2v) is 7.02. The maximum absolute atomic E-state index is 12.6. The normalized spacial score (nSPS) is 10.6. The summed E-state index contributed by atoms with van der Waals surface area (Å²) < 4.78 is 0. The first kappa shape index (κ1) is 20.0. The van der Waals surface area contributed by atoms with Crippen molar-refractivity contribution in [3.05, 3.63) is 87.9 Å². The summed E-state index contributed by atoms with van der Waals surface area (Å²) in [6.07, 6.45) is 1.89. The molecule has 0 aliphatic carbocycles. The van der Waals surface area contributed by atoms with E-state index in [4.69, 9.17) is 11.5 Å². The fourth-order valence-corrected chi connectivity index (χ4v) is 3.19. The highest BCUT2D eigenvalue weighted by molar-refractivity contribution is 5.95. The zero-order valence-electron chi connectivity index (χ0n) is 16.4. The number of amides is 2. The quantitative estimate of drug-likeness (QED) is 0.597. The molecule has 148 valence electrons. The Morgan fingerprint density at radius 2 is 1.76 bits per heavy atom. The average Bonchev–Trinajstić information content (AvgIpc) is 2.67. The second-order valence-electron chi connectivity index (χ2n) is 7.02. The van der Waals surface area contributed by atoms with Crippen molar-refractivity contribution in [1.82, 2.24) is 15.3 Å². The molecule has 0 aliphatic rings. The Hall–Kier alpha value is -3.74. The van der Waals surface area contributed by atoms with Gasteiger partial charge in [0.25, 0.3) is 11.8 Å². The van der Waals surface area contributed by atoms with Crippen molar-refractivity contribution >= 4 is 17.6 Å². The Kier molecular flexibility index (Phi) is 5.87. The van der Waals surface area contributed by atoms with E-state index in [9.17, 15) is 9.59 Å². The van der Waals surface area contributed by atoms with Gasteiger partial charge in [0, 0.05) is 18.5 Å². The maximum Gasteiger partial charge on any atom is 0.271 e. The fraction of sp³-hybridized carbons (Fsp3) is 0.182. The van der Waals surface area contributed by atoms with Gasteiger partial charge in [0.05, 0.1) is 11.9 Å². The van der Waals surface area contributed by atoms with Gasteiger partial charge in [-0.1, -0.05) is 41.5 Å². The molecule has 29 heavy (non-hydrogen) atoms. The number of hydrogen-bond donors (Lipinski definition) is 3. The summed E-state index contributed by atoms with van der Waals surface area (Å²) in [5, 5.41) is 2.95. The summed E-state index contributed by atoms with van der Waals surface area (Å²) >= 11 is 0. The molecule has 3 aromatic rings. The third-order valence-corrected chi connectivity index (χ3v) is 4.39. The molecule has 0 radical (unpaired) electrons. The van der Waals surface area contributed by atoms with Crippen molar-refractivity contribution in [3.8, 4) is 0 Å². The molecule has 0 atom stereocenters. The van der Waals surface area contributed by atoms with Gasteiger partial charge in [0.1, 0.15) is 0 Å². The minimum atomic E-state index is -0.726. The number of primary amides is 1. The number of aryl methyl sites for hydroxylation is 2. The summed E-state index contributed by atoms with van der Waals surface area (Å²) in [7, 11) is 0. The average molecular weight is 389 g/mol. The Labute approximate surface area is 169 Å². The van der Waals surface area contributed by atoms with Gasteiger partial charge in [-0.15, -0.1) is 0 Å². The number of anilines is 1. The van der Waals surface area contributed by atoms with Crippen LogP contribution in [0.3, 0.4) is 0 Å². The van der Waals surface area contributed by atoms with Crippen LogP contribution in [0.1, 0.15) is 48.8 Å². The number of aromatic nitrogens is 2. The molecular formula is C22H23N5O2. The molecule has 1 heterocycles. The van der Waals surface area contributed by atoms with Gasteiger partial charge in [0.15, 0.2) is 11.5 Å². The highest BCUT2D eigenvalue weighted by Crippen LogP contribution is 2.13. The summed E-state index contributed by atoms with van der Waals surface area (Å²) in [6, 6.07) is 13.4. The van der Waals surface area contributed by atoms with Crippen LogP contribution in [0, 0.1) is 13.8 Å². The molecule has 5 N–H and O–H groups in total. The molecule has 0 saturated heterocycles. The Morgan fingerprint density at radius 3 is 2.45 bits per heavy atom. The van der Waals surface area contributed by atoms with Crippen LogP contribution >= 0.6 is 0 Å². The minimum Gasteiger partial charge on any atom is -0.382 e. The number of rotatable bonds is 6. The van der Waals surface area contributed by atoms with Gasteiger partial charge in [-0.25, -0.2) is 9.97 Å². The largest absolute Gasteiger partial charge is 0.382 e. The lowest BCUT2D eigenvalue weighted by Crippen LogP contribution is -2.23. The predicted octanol–water partition coefficient (Wildman–Crippen LogP) is 2.30. The molecule has 0 aliphatic heterocycles. The highest BCUT2D eigenvalue weighted by Gasteiger charge is 2.12. The Morgan fingerprint density at radius 1 is 1.03 bits per heavy atom. The van der Waals surface area contributed by atoms with Crippen LogP contribution in [0.5, 0.6) is 0 Å². The van der Waals surface area contributed by atoms with Crippen LogP contribution in [-0.4, -0.2) is 21.8 Å². The number of nitrogens with one attached hydrogen (secondary N) is 1. The van der Waals surface area contributed by atoms with Gasteiger partial charge < -0.3 is 16.8 Å². The van der Waals surface area contributed by atoms with Crippen molar-refractivity contribution in [3.63, 3.8) is 0 Å². The third-order valence-electron chi connectivity index (χ3n) is 4.39. The molecule has 7 heteroatoms. The lowest BCUT2D eigenvalue weighted by Gasteiger charge is -2.09. The van der Waals surface area contributed by atoms with Gasteiger partial charge in [-0.2, -0.15) is 0 Å². The second kappa shape index (κ2) is 8.52. The molecule has 3 rings (SSSR count). The molecule has 0 saturated carbocycles. The molecule has 7 nitrogen and oxygen atoms in total. The van der Waals surface area contributed by atoms with Crippen LogP contribution in [0.2, 0.25) is 0 Å². The lowest BCUT2D eigenvalue weighted by molar-refractivity contribution is 0.0949. The van der Waals surface area contributed by atoms with Crippen LogP contribution < -0.4 is 16.8 Å². The first-order valence-electron chi connectivity index (χ1n) is 9.17. The number of carbonyl (C=O) groups is 2. The van der Waals surface area contributed by atoms with Gasteiger partial charge in [-0.3, -0.25) is 9.59 Å².